The highest BCUT2D eigenvalue weighted by Gasteiger charge is 2.27. The topological polar surface area (TPSA) is 41.4 Å². The van der Waals surface area contributed by atoms with Crippen LogP contribution in [-0.4, -0.2) is 51.7 Å². The lowest BCUT2D eigenvalue weighted by Gasteiger charge is -2.38. The van der Waals surface area contributed by atoms with Crippen LogP contribution in [0.2, 0.25) is 4.34 Å². The van der Waals surface area contributed by atoms with Crippen LogP contribution in [0.25, 0.3) is 10.6 Å². The molecule has 2 aromatic heterocycles. The van der Waals surface area contributed by atoms with Crippen LogP contribution < -0.4 is 0 Å². The zero-order chi connectivity index (χ0) is 21.1. The van der Waals surface area contributed by atoms with Gasteiger partial charge >= 0.3 is 0 Å². The SMILES string of the molecule is CCCn1nc(-c2ccc(Cl)s2)cc1C(=O)N1CCN(C(C)c2ccccc2)CC1. The van der Waals surface area contributed by atoms with Gasteiger partial charge in [0, 0.05) is 38.8 Å². The maximum atomic E-state index is 13.3. The molecule has 5 nitrogen and oxygen atoms in total. The van der Waals surface area contributed by atoms with Crippen LogP contribution in [0, 0.1) is 0 Å². The van der Waals surface area contributed by atoms with Gasteiger partial charge in [-0.3, -0.25) is 14.4 Å². The Morgan fingerprint density at radius 3 is 2.50 bits per heavy atom. The first-order chi connectivity index (χ1) is 14.6. The van der Waals surface area contributed by atoms with E-state index in [0.29, 0.717) is 11.7 Å². The van der Waals surface area contributed by atoms with Crippen molar-refractivity contribution < 1.29 is 4.79 Å². The summed E-state index contributed by atoms with van der Waals surface area (Å²) < 4.78 is 2.58. The largest absolute Gasteiger partial charge is 0.335 e. The molecule has 1 fully saturated rings. The molecule has 1 aliphatic rings. The van der Waals surface area contributed by atoms with E-state index in [9.17, 15) is 4.79 Å². The van der Waals surface area contributed by atoms with Crippen molar-refractivity contribution in [3.63, 3.8) is 0 Å². The number of piperazine rings is 1. The molecule has 1 aromatic carbocycles. The Morgan fingerprint density at radius 1 is 1.13 bits per heavy atom. The fraction of sp³-hybridized carbons (Fsp3) is 0.391. The van der Waals surface area contributed by atoms with E-state index < -0.39 is 0 Å². The first kappa shape index (κ1) is 21.1. The van der Waals surface area contributed by atoms with Gasteiger partial charge in [-0.1, -0.05) is 48.9 Å². The quantitative estimate of drug-likeness (QED) is 0.527. The summed E-state index contributed by atoms with van der Waals surface area (Å²) in [5.41, 5.74) is 2.80. The van der Waals surface area contributed by atoms with E-state index in [1.165, 1.54) is 16.9 Å². The number of hydrogen-bond donors (Lipinski definition) is 0. The highest BCUT2D eigenvalue weighted by Crippen LogP contribution is 2.31. The monoisotopic (exact) mass is 442 g/mol. The number of benzene rings is 1. The van der Waals surface area contributed by atoms with Gasteiger partial charge in [-0.25, -0.2) is 0 Å². The van der Waals surface area contributed by atoms with Crippen LogP contribution in [0.5, 0.6) is 0 Å². The Morgan fingerprint density at radius 2 is 1.87 bits per heavy atom. The van der Waals surface area contributed by atoms with Crippen LogP contribution in [0.4, 0.5) is 0 Å². The summed E-state index contributed by atoms with van der Waals surface area (Å²) in [7, 11) is 0. The van der Waals surface area contributed by atoms with Crippen LogP contribution >= 0.6 is 22.9 Å². The number of carbonyl (C=O) groups excluding carboxylic acids is 1. The molecule has 30 heavy (non-hydrogen) atoms. The Bertz CT molecular complexity index is 992. The number of hydrogen-bond acceptors (Lipinski definition) is 4. The molecule has 0 radical (unpaired) electrons. The fourth-order valence-corrected chi connectivity index (χ4v) is 4.96. The van der Waals surface area contributed by atoms with Crippen molar-refractivity contribution in [1.82, 2.24) is 19.6 Å². The molecule has 0 bridgehead atoms. The van der Waals surface area contributed by atoms with Gasteiger partial charge in [0.05, 0.1) is 9.21 Å². The van der Waals surface area contributed by atoms with Gasteiger partial charge in [-0.05, 0) is 37.1 Å². The summed E-state index contributed by atoms with van der Waals surface area (Å²) >= 11 is 7.58. The predicted octanol–water partition coefficient (Wildman–Crippen LogP) is 5.19. The zero-order valence-electron chi connectivity index (χ0n) is 17.4. The lowest BCUT2D eigenvalue weighted by molar-refractivity contribution is 0.0570. The molecule has 3 heterocycles. The van der Waals surface area contributed by atoms with E-state index in [1.807, 2.05) is 33.8 Å². The lowest BCUT2D eigenvalue weighted by Crippen LogP contribution is -2.49. The Balaban J connectivity index is 1.46. The minimum Gasteiger partial charge on any atom is -0.335 e. The molecule has 7 heteroatoms. The van der Waals surface area contributed by atoms with Crippen molar-refractivity contribution in [2.45, 2.75) is 32.9 Å². The minimum atomic E-state index is 0.0665. The van der Waals surface area contributed by atoms with Crippen LogP contribution in [-0.2, 0) is 6.54 Å². The number of aryl methyl sites for hydroxylation is 1. The average Bonchev–Trinajstić information content (AvgIpc) is 3.40. The van der Waals surface area contributed by atoms with Crippen molar-refractivity contribution in [3.05, 3.63) is 64.1 Å². The number of carbonyl (C=O) groups is 1. The molecule has 0 spiro atoms. The highest BCUT2D eigenvalue weighted by atomic mass is 35.5. The molecule has 1 aliphatic heterocycles. The molecule has 1 saturated heterocycles. The molecule has 158 valence electrons. The first-order valence-corrected chi connectivity index (χ1v) is 11.7. The number of thiophene rings is 1. The standard InChI is InChI=1S/C23H27ClN4OS/c1-3-11-28-20(16-19(25-28)21-9-10-22(24)30-21)23(29)27-14-12-26(13-15-27)17(2)18-7-5-4-6-8-18/h4-10,16-17H,3,11-15H2,1-2H3. The van der Waals surface area contributed by atoms with Gasteiger partial charge in [-0.15, -0.1) is 11.3 Å². The third kappa shape index (κ3) is 4.46. The first-order valence-electron chi connectivity index (χ1n) is 10.5. The molecule has 0 N–H and O–H groups in total. The molecule has 1 amide bonds. The normalized spacial score (nSPS) is 16.0. The molecular weight excluding hydrogens is 416 g/mol. The van der Waals surface area contributed by atoms with Crippen LogP contribution in [0.15, 0.2) is 48.5 Å². The van der Waals surface area contributed by atoms with E-state index in [1.54, 1.807) is 0 Å². The highest BCUT2D eigenvalue weighted by molar-refractivity contribution is 7.19. The van der Waals surface area contributed by atoms with Crippen molar-refractivity contribution in [2.24, 2.45) is 0 Å². The number of rotatable bonds is 6. The van der Waals surface area contributed by atoms with E-state index >= 15 is 0 Å². The average molecular weight is 443 g/mol. The van der Waals surface area contributed by atoms with E-state index in [2.05, 4.69) is 43.0 Å². The molecule has 1 atom stereocenters. The van der Waals surface area contributed by atoms with Gasteiger partial charge < -0.3 is 4.90 Å². The van der Waals surface area contributed by atoms with Crippen molar-refractivity contribution in [1.29, 1.82) is 0 Å². The summed E-state index contributed by atoms with van der Waals surface area (Å²) in [6, 6.07) is 16.7. The van der Waals surface area contributed by atoms with Gasteiger partial charge in [0.25, 0.3) is 5.91 Å². The second-order valence-electron chi connectivity index (χ2n) is 7.66. The summed E-state index contributed by atoms with van der Waals surface area (Å²) in [6.45, 7) is 8.27. The van der Waals surface area contributed by atoms with Gasteiger partial charge in [0.15, 0.2) is 0 Å². The fourth-order valence-electron chi connectivity index (χ4n) is 3.96. The molecule has 0 saturated carbocycles. The second-order valence-corrected chi connectivity index (χ2v) is 9.37. The van der Waals surface area contributed by atoms with Gasteiger partial charge in [0.1, 0.15) is 11.4 Å². The van der Waals surface area contributed by atoms with Gasteiger partial charge in [0.2, 0.25) is 0 Å². The number of nitrogens with zero attached hydrogens (tertiary/aromatic N) is 4. The summed E-state index contributed by atoms with van der Waals surface area (Å²) in [4.78, 5) is 18.7. The number of halogens is 1. The van der Waals surface area contributed by atoms with Crippen LogP contribution in [0.3, 0.4) is 0 Å². The van der Waals surface area contributed by atoms with Crippen LogP contribution in [0.1, 0.15) is 42.4 Å². The Labute approximate surface area is 186 Å². The summed E-state index contributed by atoms with van der Waals surface area (Å²) in [5, 5.41) is 4.69. The summed E-state index contributed by atoms with van der Waals surface area (Å²) in [6.07, 6.45) is 0.926. The number of aromatic nitrogens is 2. The molecular formula is C23H27ClN4OS. The Kier molecular flexibility index (Phi) is 6.56. The maximum Gasteiger partial charge on any atom is 0.272 e. The van der Waals surface area contributed by atoms with Crippen molar-refractivity contribution in [2.75, 3.05) is 26.2 Å². The zero-order valence-corrected chi connectivity index (χ0v) is 19.0. The molecule has 1 unspecified atom stereocenters. The molecule has 3 aromatic rings. The van der Waals surface area contributed by atoms with E-state index in [-0.39, 0.29) is 5.91 Å². The number of amides is 1. The van der Waals surface area contributed by atoms with Gasteiger partial charge in [-0.2, -0.15) is 5.10 Å². The van der Waals surface area contributed by atoms with E-state index in [4.69, 9.17) is 16.7 Å². The summed E-state index contributed by atoms with van der Waals surface area (Å²) in [5.74, 6) is 0.0665. The molecule has 4 rings (SSSR count). The third-order valence-electron chi connectivity index (χ3n) is 5.69. The maximum absolute atomic E-state index is 13.3. The lowest BCUT2D eigenvalue weighted by atomic mass is 10.1. The van der Waals surface area contributed by atoms with Crippen molar-refractivity contribution >= 4 is 28.8 Å². The molecule has 0 aliphatic carbocycles. The Hall–Kier alpha value is -2.15. The third-order valence-corrected chi connectivity index (χ3v) is 6.94. The predicted molar refractivity (Wildman–Crippen MR) is 123 cm³/mol. The van der Waals surface area contributed by atoms with Crippen molar-refractivity contribution in [3.8, 4) is 10.6 Å². The minimum absolute atomic E-state index is 0.0665. The smallest absolute Gasteiger partial charge is 0.272 e. The van der Waals surface area contributed by atoms with E-state index in [0.717, 1.165) is 54.1 Å². The second kappa shape index (κ2) is 9.33.